The minimum atomic E-state index is -0.387. The van der Waals surface area contributed by atoms with Crippen molar-refractivity contribution in [1.29, 1.82) is 0 Å². The third kappa shape index (κ3) is 1.52. The Hall–Kier alpha value is -2.43. The van der Waals surface area contributed by atoms with Crippen LogP contribution in [0.15, 0.2) is 47.4 Å². The summed E-state index contributed by atoms with van der Waals surface area (Å²) >= 11 is 0. The van der Waals surface area contributed by atoms with Gasteiger partial charge in [-0.2, -0.15) is 5.10 Å². The molecule has 3 aromatic rings. The van der Waals surface area contributed by atoms with Crippen molar-refractivity contribution in [3.05, 3.63) is 58.8 Å². The van der Waals surface area contributed by atoms with Crippen molar-refractivity contribution in [3.8, 4) is 5.69 Å². The molecule has 84 valence electrons. The average Bonchev–Trinajstić information content (AvgIpc) is 2.72. The van der Waals surface area contributed by atoms with E-state index in [1.165, 1.54) is 16.8 Å². The van der Waals surface area contributed by atoms with Crippen LogP contribution in [0.1, 0.15) is 0 Å². The fraction of sp³-hybridized carbons (Fsp3) is 0. The molecule has 1 aromatic carbocycles. The highest BCUT2D eigenvalue weighted by molar-refractivity contribution is 5.75. The molecular weight excluding hydrogens is 221 g/mol. The number of nitrogens with zero attached hydrogens (tertiary/aromatic N) is 2. The van der Waals surface area contributed by atoms with Crippen LogP contribution in [0.5, 0.6) is 0 Å². The van der Waals surface area contributed by atoms with E-state index in [9.17, 15) is 9.18 Å². The van der Waals surface area contributed by atoms with Crippen LogP contribution in [-0.2, 0) is 0 Å². The lowest BCUT2D eigenvalue weighted by Crippen LogP contribution is -2.07. The second kappa shape index (κ2) is 3.55. The van der Waals surface area contributed by atoms with E-state index in [1.54, 1.807) is 30.5 Å². The van der Waals surface area contributed by atoms with Gasteiger partial charge in [-0.05, 0) is 18.2 Å². The molecule has 0 amide bonds. The van der Waals surface area contributed by atoms with Crippen LogP contribution >= 0.6 is 0 Å². The highest BCUT2D eigenvalue weighted by atomic mass is 19.1. The normalized spacial score (nSPS) is 10.9. The van der Waals surface area contributed by atoms with Crippen LogP contribution < -0.4 is 5.56 Å². The van der Waals surface area contributed by atoms with E-state index in [2.05, 4.69) is 10.1 Å². The van der Waals surface area contributed by atoms with Gasteiger partial charge in [-0.3, -0.25) is 4.79 Å². The zero-order valence-corrected chi connectivity index (χ0v) is 8.72. The topological polar surface area (TPSA) is 50.7 Å². The molecule has 0 saturated carbocycles. The maximum Gasteiger partial charge on any atom is 0.249 e. The lowest BCUT2D eigenvalue weighted by molar-refractivity contribution is 0.612. The Morgan fingerprint density at radius 1 is 1.18 bits per heavy atom. The summed E-state index contributed by atoms with van der Waals surface area (Å²) in [4.78, 5) is 13.9. The Labute approximate surface area is 95.3 Å². The van der Waals surface area contributed by atoms with Crippen LogP contribution in [0.3, 0.4) is 0 Å². The Morgan fingerprint density at radius 2 is 2.00 bits per heavy atom. The maximum atomic E-state index is 13.6. The van der Waals surface area contributed by atoms with Crippen molar-refractivity contribution in [1.82, 2.24) is 14.8 Å². The zero-order valence-electron chi connectivity index (χ0n) is 8.72. The maximum absolute atomic E-state index is 13.6. The first-order valence-electron chi connectivity index (χ1n) is 5.08. The van der Waals surface area contributed by atoms with Gasteiger partial charge in [0.2, 0.25) is 5.56 Å². The fourth-order valence-electron chi connectivity index (χ4n) is 1.74. The average molecular weight is 229 g/mol. The van der Waals surface area contributed by atoms with Crippen molar-refractivity contribution >= 4 is 11.0 Å². The molecule has 0 saturated heterocycles. The number of fused-ring (bicyclic) bond motifs is 1. The number of H-pyrrole nitrogens is 1. The number of aromatic nitrogens is 3. The zero-order chi connectivity index (χ0) is 11.8. The number of para-hydroxylation sites is 1. The van der Waals surface area contributed by atoms with Gasteiger partial charge in [0.15, 0.2) is 0 Å². The minimum absolute atomic E-state index is 0.240. The second-order valence-corrected chi connectivity index (χ2v) is 3.63. The predicted molar refractivity (Wildman–Crippen MR) is 61.6 cm³/mol. The Morgan fingerprint density at radius 3 is 2.82 bits per heavy atom. The predicted octanol–water partition coefficient (Wildman–Crippen LogP) is 1.85. The fourth-order valence-corrected chi connectivity index (χ4v) is 1.74. The van der Waals surface area contributed by atoms with Gasteiger partial charge in [0.25, 0.3) is 0 Å². The van der Waals surface area contributed by atoms with Crippen LogP contribution in [0, 0.1) is 5.82 Å². The van der Waals surface area contributed by atoms with E-state index < -0.39 is 0 Å². The smallest absolute Gasteiger partial charge is 0.249 e. The van der Waals surface area contributed by atoms with Gasteiger partial charge in [0.1, 0.15) is 17.2 Å². The summed E-state index contributed by atoms with van der Waals surface area (Å²) in [7, 11) is 0. The molecule has 1 N–H and O–H groups in total. The molecule has 2 aromatic heterocycles. The molecule has 0 atom stereocenters. The van der Waals surface area contributed by atoms with E-state index in [1.807, 2.05) is 0 Å². The van der Waals surface area contributed by atoms with Crippen LogP contribution in [0.2, 0.25) is 0 Å². The number of hydrogen-bond donors (Lipinski definition) is 1. The summed E-state index contributed by atoms with van der Waals surface area (Å²) in [5.41, 5.74) is 0.558. The highest BCUT2D eigenvalue weighted by Gasteiger charge is 2.08. The van der Waals surface area contributed by atoms with Gasteiger partial charge in [0.05, 0.1) is 6.20 Å². The lowest BCUT2D eigenvalue weighted by atomic mass is 10.3. The second-order valence-electron chi connectivity index (χ2n) is 3.63. The third-order valence-corrected chi connectivity index (χ3v) is 2.53. The van der Waals surface area contributed by atoms with Gasteiger partial charge in [-0.1, -0.05) is 12.1 Å². The molecule has 0 aliphatic heterocycles. The molecule has 5 heteroatoms. The Balaban J connectivity index is 2.35. The Kier molecular flexibility index (Phi) is 2.04. The van der Waals surface area contributed by atoms with Gasteiger partial charge >= 0.3 is 0 Å². The Bertz CT molecular complexity index is 745. The molecule has 0 aliphatic rings. The number of benzene rings is 1. The number of pyridine rings is 1. The summed E-state index contributed by atoms with van der Waals surface area (Å²) in [6.07, 6.45) is 1.58. The molecule has 3 rings (SSSR count). The standard InChI is InChI=1S/C12H8FN3O/c13-9-3-1-2-4-10(9)16-12-8(7-14-16)5-6-11(17)15-12/h1-7H,(H,15,17). The number of hydrogen-bond acceptors (Lipinski definition) is 2. The van der Waals surface area contributed by atoms with E-state index in [0.29, 0.717) is 11.3 Å². The molecule has 0 fully saturated rings. The lowest BCUT2D eigenvalue weighted by Gasteiger charge is -2.03. The molecule has 0 spiro atoms. The monoisotopic (exact) mass is 229 g/mol. The van der Waals surface area contributed by atoms with Gasteiger partial charge < -0.3 is 4.98 Å². The number of aromatic amines is 1. The summed E-state index contributed by atoms with van der Waals surface area (Å²) in [5.74, 6) is -0.387. The largest absolute Gasteiger partial charge is 0.306 e. The molecule has 17 heavy (non-hydrogen) atoms. The van der Waals surface area contributed by atoms with E-state index >= 15 is 0 Å². The summed E-state index contributed by atoms with van der Waals surface area (Å²) in [5, 5.41) is 4.83. The van der Waals surface area contributed by atoms with Crippen molar-refractivity contribution in [2.75, 3.05) is 0 Å². The molecular formula is C12H8FN3O. The van der Waals surface area contributed by atoms with E-state index in [-0.39, 0.29) is 11.4 Å². The highest BCUT2D eigenvalue weighted by Crippen LogP contribution is 2.17. The van der Waals surface area contributed by atoms with E-state index in [0.717, 1.165) is 5.39 Å². The first kappa shape index (κ1) is 9.77. The molecule has 0 unspecified atom stereocenters. The molecule has 0 bridgehead atoms. The van der Waals surface area contributed by atoms with Crippen molar-refractivity contribution in [2.45, 2.75) is 0 Å². The SMILES string of the molecule is O=c1ccc2cnn(-c3ccccc3F)c2[nH]1. The number of nitrogens with one attached hydrogen (secondary N) is 1. The molecule has 4 nitrogen and oxygen atoms in total. The van der Waals surface area contributed by atoms with Crippen molar-refractivity contribution < 1.29 is 4.39 Å². The van der Waals surface area contributed by atoms with Crippen LogP contribution in [0.4, 0.5) is 4.39 Å². The van der Waals surface area contributed by atoms with Crippen molar-refractivity contribution in [2.24, 2.45) is 0 Å². The summed E-state index contributed by atoms with van der Waals surface area (Å²) in [6.45, 7) is 0. The van der Waals surface area contributed by atoms with E-state index in [4.69, 9.17) is 0 Å². The van der Waals surface area contributed by atoms with Gasteiger partial charge in [-0.15, -0.1) is 0 Å². The van der Waals surface area contributed by atoms with Crippen LogP contribution in [-0.4, -0.2) is 14.8 Å². The molecule has 0 radical (unpaired) electrons. The third-order valence-electron chi connectivity index (χ3n) is 2.53. The summed E-state index contributed by atoms with van der Waals surface area (Å²) in [6, 6.07) is 9.34. The molecule has 0 aliphatic carbocycles. The quantitative estimate of drug-likeness (QED) is 0.692. The first-order valence-corrected chi connectivity index (χ1v) is 5.08. The molecule has 2 heterocycles. The van der Waals surface area contributed by atoms with Crippen molar-refractivity contribution in [3.63, 3.8) is 0 Å². The van der Waals surface area contributed by atoms with Crippen LogP contribution in [0.25, 0.3) is 16.7 Å². The minimum Gasteiger partial charge on any atom is -0.306 e. The number of rotatable bonds is 1. The first-order chi connectivity index (χ1) is 8.25. The van der Waals surface area contributed by atoms with Gasteiger partial charge in [-0.25, -0.2) is 9.07 Å². The number of halogens is 1. The van der Waals surface area contributed by atoms with Gasteiger partial charge in [0, 0.05) is 11.5 Å². The summed E-state index contributed by atoms with van der Waals surface area (Å²) < 4.78 is 15.0.